The molecule has 3 rings (SSSR count). The number of nitrogens with zero attached hydrogens (tertiary/aromatic N) is 3. The molecule has 23 heavy (non-hydrogen) atoms. The number of hydrogen-bond donors (Lipinski definition) is 1. The lowest BCUT2D eigenvalue weighted by atomic mass is 10.1. The summed E-state index contributed by atoms with van der Waals surface area (Å²) in [5.74, 6) is 0.263. The Morgan fingerprint density at radius 1 is 1.35 bits per heavy atom. The number of aryl methyl sites for hydroxylation is 2. The van der Waals surface area contributed by atoms with Crippen molar-refractivity contribution < 1.29 is 4.79 Å². The van der Waals surface area contributed by atoms with E-state index in [0.717, 1.165) is 32.5 Å². The lowest BCUT2D eigenvalue weighted by molar-refractivity contribution is -0.130. The molecule has 2 heterocycles. The van der Waals surface area contributed by atoms with E-state index in [1.54, 1.807) is 0 Å². The molecular weight excluding hydrogens is 288 g/mol. The molecule has 1 atom stereocenters. The average Bonchev–Trinajstić information content (AvgIpc) is 3.20. The first-order chi connectivity index (χ1) is 11.2. The highest BCUT2D eigenvalue weighted by atomic mass is 16.2. The molecular formula is C18H24N4O. The molecule has 0 spiro atoms. The Bertz CT molecular complexity index is 637. The number of nitrogens with one attached hydrogen (secondary N) is 1. The van der Waals surface area contributed by atoms with E-state index in [9.17, 15) is 4.79 Å². The smallest absolute Gasteiger partial charge is 0.222 e. The molecule has 0 aliphatic carbocycles. The summed E-state index contributed by atoms with van der Waals surface area (Å²) in [4.78, 5) is 18.4. The summed E-state index contributed by atoms with van der Waals surface area (Å²) in [5.41, 5.74) is 2.39. The summed E-state index contributed by atoms with van der Waals surface area (Å²) in [5, 5.41) is 3.53. The van der Waals surface area contributed by atoms with Crippen molar-refractivity contribution in [3.8, 4) is 0 Å². The quantitative estimate of drug-likeness (QED) is 0.884. The molecule has 1 unspecified atom stereocenters. The Kier molecular flexibility index (Phi) is 5.08. The molecule has 1 aliphatic rings. The van der Waals surface area contributed by atoms with Crippen LogP contribution < -0.4 is 5.32 Å². The minimum atomic E-state index is 0.263. The number of hydrogen-bond acceptors (Lipinski definition) is 3. The van der Waals surface area contributed by atoms with Gasteiger partial charge in [0.15, 0.2) is 0 Å². The molecule has 1 aromatic heterocycles. The van der Waals surface area contributed by atoms with Crippen LogP contribution in [-0.4, -0.2) is 39.5 Å². The lowest BCUT2D eigenvalue weighted by Crippen LogP contribution is -2.35. The van der Waals surface area contributed by atoms with Gasteiger partial charge in [-0.3, -0.25) is 4.79 Å². The average molecular weight is 312 g/mol. The molecule has 1 saturated heterocycles. The zero-order chi connectivity index (χ0) is 16.1. The molecule has 122 valence electrons. The number of carbonyl (C=O) groups excluding carboxylic acids is 1. The highest BCUT2D eigenvalue weighted by Gasteiger charge is 2.25. The fourth-order valence-corrected chi connectivity index (χ4v) is 3.01. The molecule has 2 aromatic rings. The minimum absolute atomic E-state index is 0.263. The highest BCUT2D eigenvalue weighted by Crippen LogP contribution is 2.13. The maximum atomic E-state index is 12.3. The third-order valence-corrected chi connectivity index (χ3v) is 4.50. The van der Waals surface area contributed by atoms with Crippen LogP contribution in [0.5, 0.6) is 0 Å². The Morgan fingerprint density at radius 2 is 2.17 bits per heavy atom. The maximum Gasteiger partial charge on any atom is 0.222 e. The van der Waals surface area contributed by atoms with Crippen molar-refractivity contribution in [2.24, 2.45) is 7.05 Å². The first-order valence-corrected chi connectivity index (χ1v) is 8.22. The van der Waals surface area contributed by atoms with Gasteiger partial charge in [0.25, 0.3) is 0 Å². The molecule has 0 radical (unpaired) electrons. The van der Waals surface area contributed by atoms with Crippen LogP contribution >= 0.6 is 0 Å². The van der Waals surface area contributed by atoms with Crippen LogP contribution in [0.25, 0.3) is 0 Å². The van der Waals surface area contributed by atoms with Gasteiger partial charge >= 0.3 is 0 Å². The second-order valence-corrected chi connectivity index (χ2v) is 6.19. The summed E-state index contributed by atoms with van der Waals surface area (Å²) in [6.45, 7) is 2.47. The monoisotopic (exact) mass is 312 g/mol. The maximum absolute atomic E-state index is 12.3. The fourth-order valence-electron chi connectivity index (χ4n) is 3.01. The van der Waals surface area contributed by atoms with Crippen molar-refractivity contribution in [3.05, 3.63) is 54.1 Å². The molecule has 5 heteroatoms. The van der Waals surface area contributed by atoms with Crippen LogP contribution in [0, 0.1) is 0 Å². The van der Waals surface area contributed by atoms with E-state index >= 15 is 0 Å². The van der Waals surface area contributed by atoms with Crippen molar-refractivity contribution in [1.82, 2.24) is 19.8 Å². The predicted octanol–water partition coefficient (Wildman–Crippen LogP) is 1.74. The summed E-state index contributed by atoms with van der Waals surface area (Å²) in [6.07, 6.45) is 6.13. The van der Waals surface area contributed by atoms with Gasteiger partial charge in [-0.25, -0.2) is 4.98 Å². The van der Waals surface area contributed by atoms with Gasteiger partial charge < -0.3 is 14.8 Å². The summed E-state index contributed by atoms with van der Waals surface area (Å²) in [6, 6.07) is 10.6. The molecule has 1 aromatic carbocycles. The number of likely N-dealkylation sites (tertiary alicyclic amines) is 1. The van der Waals surface area contributed by atoms with E-state index in [2.05, 4.69) is 22.4 Å². The van der Waals surface area contributed by atoms with Crippen LogP contribution in [0.3, 0.4) is 0 Å². The van der Waals surface area contributed by atoms with E-state index in [-0.39, 0.29) is 5.91 Å². The second-order valence-electron chi connectivity index (χ2n) is 6.19. The highest BCUT2D eigenvalue weighted by molar-refractivity contribution is 5.76. The second kappa shape index (κ2) is 7.42. The molecule has 1 amide bonds. The van der Waals surface area contributed by atoms with Gasteiger partial charge in [0, 0.05) is 45.3 Å². The largest absolute Gasteiger partial charge is 0.341 e. The van der Waals surface area contributed by atoms with Gasteiger partial charge in [0.05, 0.1) is 12.0 Å². The van der Waals surface area contributed by atoms with Crippen LogP contribution in [0.1, 0.15) is 24.1 Å². The topological polar surface area (TPSA) is 50.2 Å². The van der Waals surface area contributed by atoms with Crippen LogP contribution in [0.4, 0.5) is 0 Å². The van der Waals surface area contributed by atoms with Crippen molar-refractivity contribution >= 4 is 5.91 Å². The predicted molar refractivity (Wildman–Crippen MR) is 89.8 cm³/mol. The lowest BCUT2D eigenvalue weighted by Gasteiger charge is -2.17. The summed E-state index contributed by atoms with van der Waals surface area (Å²) >= 11 is 0. The number of amides is 1. The number of benzene rings is 1. The van der Waals surface area contributed by atoms with E-state index < -0.39 is 0 Å². The first kappa shape index (κ1) is 15.7. The standard InChI is InChI=1S/C18H24N4O/c1-21-14-19-11-17(21)12-20-16-9-10-22(13-16)18(23)8-7-15-5-3-2-4-6-15/h2-6,11,14,16,20H,7-10,12-13H2,1H3. The molecule has 5 nitrogen and oxygen atoms in total. The fraction of sp³-hybridized carbons (Fsp3) is 0.444. The molecule has 0 saturated carbocycles. The van der Waals surface area contributed by atoms with E-state index in [1.165, 1.54) is 11.3 Å². The third-order valence-electron chi connectivity index (χ3n) is 4.50. The molecule has 1 N–H and O–H groups in total. The van der Waals surface area contributed by atoms with E-state index in [4.69, 9.17) is 0 Å². The number of carbonyl (C=O) groups is 1. The third kappa shape index (κ3) is 4.20. The molecule has 1 fully saturated rings. The van der Waals surface area contributed by atoms with Crippen molar-refractivity contribution in [3.63, 3.8) is 0 Å². The van der Waals surface area contributed by atoms with Crippen molar-refractivity contribution in [2.45, 2.75) is 31.8 Å². The normalized spacial score (nSPS) is 17.6. The van der Waals surface area contributed by atoms with E-state index in [0.29, 0.717) is 12.5 Å². The number of imidazole rings is 1. The van der Waals surface area contributed by atoms with Crippen LogP contribution in [0.15, 0.2) is 42.9 Å². The van der Waals surface area contributed by atoms with Gasteiger partial charge in [0.1, 0.15) is 0 Å². The summed E-state index contributed by atoms with van der Waals surface area (Å²) in [7, 11) is 2.00. The Labute approximate surface area is 137 Å². The molecule has 1 aliphatic heterocycles. The zero-order valence-corrected chi connectivity index (χ0v) is 13.6. The van der Waals surface area contributed by atoms with E-state index in [1.807, 2.05) is 47.2 Å². The Balaban J connectivity index is 1.42. The van der Waals surface area contributed by atoms with Crippen LogP contribution in [-0.2, 0) is 24.8 Å². The van der Waals surface area contributed by atoms with Crippen molar-refractivity contribution in [2.75, 3.05) is 13.1 Å². The molecule has 0 bridgehead atoms. The zero-order valence-electron chi connectivity index (χ0n) is 13.6. The van der Waals surface area contributed by atoms with Gasteiger partial charge in [-0.15, -0.1) is 0 Å². The number of rotatable bonds is 6. The first-order valence-electron chi connectivity index (χ1n) is 8.22. The Hall–Kier alpha value is -2.14. The van der Waals surface area contributed by atoms with Crippen molar-refractivity contribution in [1.29, 1.82) is 0 Å². The minimum Gasteiger partial charge on any atom is -0.341 e. The van der Waals surface area contributed by atoms with Gasteiger partial charge in [-0.1, -0.05) is 30.3 Å². The number of aromatic nitrogens is 2. The van der Waals surface area contributed by atoms with Gasteiger partial charge in [-0.05, 0) is 18.4 Å². The summed E-state index contributed by atoms with van der Waals surface area (Å²) < 4.78 is 2.02. The van der Waals surface area contributed by atoms with Gasteiger partial charge in [-0.2, -0.15) is 0 Å². The SMILES string of the molecule is Cn1cncc1CNC1CCN(C(=O)CCc2ccccc2)C1. The Morgan fingerprint density at radius 3 is 2.91 bits per heavy atom. The van der Waals surface area contributed by atoms with Gasteiger partial charge in [0.2, 0.25) is 5.91 Å². The van der Waals surface area contributed by atoms with Crippen LogP contribution in [0.2, 0.25) is 0 Å².